The van der Waals surface area contributed by atoms with Crippen LogP contribution in [0.4, 0.5) is 11.5 Å². The van der Waals surface area contributed by atoms with Crippen molar-refractivity contribution in [3.05, 3.63) is 20.8 Å². The topological polar surface area (TPSA) is 188 Å². The van der Waals surface area contributed by atoms with E-state index in [0.29, 0.717) is 0 Å². The minimum Gasteiger partial charge on any atom is -0.394 e. The number of nitrogens with zero attached hydrogens (tertiary/aromatic N) is 1. The minimum atomic E-state index is -1.65. The second-order valence-corrected chi connectivity index (χ2v) is 4.69. The van der Waals surface area contributed by atoms with Gasteiger partial charge in [-0.25, -0.2) is 9.79 Å². The van der Waals surface area contributed by atoms with Gasteiger partial charge >= 0.3 is 5.69 Å². The summed E-state index contributed by atoms with van der Waals surface area (Å²) in [5, 5.41) is 39.6. The van der Waals surface area contributed by atoms with Crippen LogP contribution < -0.4 is 16.6 Å². The van der Waals surface area contributed by atoms with Gasteiger partial charge in [0.2, 0.25) is 0 Å². The molecule has 1 heterocycles. The van der Waals surface area contributed by atoms with Gasteiger partial charge in [0, 0.05) is 13.5 Å². The molecule has 0 unspecified atom stereocenters. The van der Waals surface area contributed by atoms with Gasteiger partial charge in [-0.3, -0.25) is 19.6 Å². The maximum atomic E-state index is 11.7. The molecule has 7 N–H and O–H groups in total. The lowest BCUT2D eigenvalue weighted by Crippen LogP contribution is -2.43. The molecule has 0 radical (unpaired) electrons. The monoisotopic (exact) mass is 330 g/mol. The highest BCUT2D eigenvalue weighted by atomic mass is 16.4. The Balaban J connectivity index is 2.97. The molecule has 0 aliphatic rings. The van der Waals surface area contributed by atoms with Crippen LogP contribution in [0.5, 0.6) is 0 Å². The molecule has 11 heteroatoms. The van der Waals surface area contributed by atoms with Crippen LogP contribution in [-0.2, 0) is 4.79 Å². The third kappa shape index (κ3) is 5.41. The van der Waals surface area contributed by atoms with Crippen molar-refractivity contribution in [3.8, 4) is 0 Å². The van der Waals surface area contributed by atoms with Gasteiger partial charge in [0.25, 0.3) is 5.56 Å². The number of rotatable bonds is 8. The van der Waals surface area contributed by atoms with E-state index >= 15 is 0 Å². The zero-order chi connectivity index (χ0) is 17.6. The quantitative estimate of drug-likeness (QED) is 0.243. The first-order valence-electron chi connectivity index (χ1n) is 6.56. The Kier molecular flexibility index (Phi) is 6.78. The zero-order valence-corrected chi connectivity index (χ0v) is 12.2. The molecular weight excluding hydrogens is 312 g/mol. The largest absolute Gasteiger partial charge is 0.394 e. The number of carbonyl (C=O) groups is 1. The second-order valence-electron chi connectivity index (χ2n) is 4.69. The molecule has 23 heavy (non-hydrogen) atoms. The number of carbonyl (C=O) groups excluding carboxylic acids is 1. The first kappa shape index (κ1) is 18.7. The third-order valence-electron chi connectivity index (χ3n) is 2.76. The smallest absolute Gasteiger partial charge is 0.327 e. The molecule has 3 atom stereocenters. The standard InChI is InChI=1S/C12H18N4O7/c1-5(18)2-13-8-10(15-12(23)16-11(8)22)14-3-6(19)9(21)7(20)4-17/h2,6-7,9,17,19-21H,3-4H2,1H3,(H3,14,15,16,22,23)/t6-,7-,9-/m1/s1. The molecule has 0 saturated heterocycles. The summed E-state index contributed by atoms with van der Waals surface area (Å²) in [6.07, 6.45) is -3.84. The van der Waals surface area contributed by atoms with Crippen molar-refractivity contribution < 1.29 is 25.2 Å². The van der Waals surface area contributed by atoms with Crippen LogP contribution in [0.3, 0.4) is 0 Å². The maximum absolute atomic E-state index is 11.7. The summed E-state index contributed by atoms with van der Waals surface area (Å²) in [5.41, 5.74) is -2.01. The maximum Gasteiger partial charge on any atom is 0.327 e. The van der Waals surface area contributed by atoms with Gasteiger partial charge in [0.05, 0.1) is 18.9 Å². The summed E-state index contributed by atoms with van der Waals surface area (Å²) in [5.74, 6) is -0.607. The van der Waals surface area contributed by atoms with Crippen LogP contribution in [0.2, 0.25) is 0 Å². The number of nitrogens with one attached hydrogen (secondary N) is 3. The SMILES string of the molecule is CC(=O)C=Nc1c(NC[C@@H](O)[C@@H](O)[C@H](O)CO)[nH]c(=O)[nH]c1=O. The number of aromatic nitrogens is 2. The average Bonchev–Trinajstić information content (AvgIpc) is 2.49. The van der Waals surface area contributed by atoms with Crippen LogP contribution >= 0.6 is 0 Å². The van der Waals surface area contributed by atoms with Crippen molar-refractivity contribution in [3.63, 3.8) is 0 Å². The van der Waals surface area contributed by atoms with Crippen molar-refractivity contribution in [1.82, 2.24) is 9.97 Å². The molecule has 1 rings (SSSR count). The van der Waals surface area contributed by atoms with Crippen LogP contribution in [0.1, 0.15) is 6.92 Å². The third-order valence-corrected chi connectivity index (χ3v) is 2.76. The molecule has 128 valence electrons. The number of H-pyrrole nitrogens is 2. The fourth-order valence-electron chi connectivity index (χ4n) is 1.58. The average molecular weight is 330 g/mol. The number of aliphatic imine (C=N–C) groups is 1. The number of aliphatic hydroxyl groups is 4. The van der Waals surface area contributed by atoms with E-state index in [9.17, 15) is 29.7 Å². The Morgan fingerprint density at radius 2 is 1.91 bits per heavy atom. The Labute approximate surface area is 129 Å². The van der Waals surface area contributed by atoms with E-state index in [1.165, 1.54) is 6.92 Å². The normalized spacial score (nSPS) is 15.3. The lowest BCUT2D eigenvalue weighted by molar-refractivity contribution is -0.110. The predicted octanol–water partition coefficient (Wildman–Crippen LogP) is -3.16. The van der Waals surface area contributed by atoms with E-state index in [4.69, 9.17) is 5.11 Å². The van der Waals surface area contributed by atoms with E-state index < -0.39 is 42.0 Å². The number of ketones is 1. The summed E-state index contributed by atoms with van der Waals surface area (Å²) in [4.78, 5) is 41.6. The molecule has 0 saturated carbocycles. The van der Waals surface area contributed by atoms with Gasteiger partial charge in [-0.1, -0.05) is 0 Å². The summed E-state index contributed by atoms with van der Waals surface area (Å²) >= 11 is 0. The van der Waals surface area contributed by atoms with Crippen molar-refractivity contribution in [2.24, 2.45) is 4.99 Å². The van der Waals surface area contributed by atoms with Crippen molar-refractivity contribution in [2.45, 2.75) is 25.2 Å². The molecule has 0 aromatic carbocycles. The Bertz CT molecular complexity index is 681. The van der Waals surface area contributed by atoms with Gasteiger partial charge in [-0.2, -0.15) is 0 Å². The number of anilines is 1. The van der Waals surface area contributed by atoms with Crippen molar-refractivity contribution >= 4 is 23.5 Å². The number of aromatic amines is 2. The van der Waals surface area contributed by atoms with E-state index in [-0.39, 0.29) is 18.1 Å². The van der Waals surface area contributed by atoms with E-state index in [1.807, 2.05) is 4.98 Å². The van der Waals surface area contributed by atoms with Crippen molar-refractivity contribution in [1.29, 1.82) is 0 Å². The first-order chi connectivity index (χ1) is 10.8. The number of Topliss-reactive ketones (excluding diaryl/α,β-unsaturated/α-hetero) is 1. The molecule has 0 amide bonds. The molecule has 11 nitrogen and oxygen atoms in total. The number of aliphatic hydroxyl groups excluding tert-OH is 4. The predicted molar refractivity (Wildman–Crippen MR) is 80.1 cm³/mol. The molecule has 0 fully saturated rings. The van der Waals surface area contributed by atoms with Gasteiger partial charge in [-0.05, 0) is 0 Å². The highest BCUT2D eigenvalue weighted by molar-refractivity contribution is 6.26. The molecule has 0 bridgehead atoms. The van der Waals surface area contributed by atoms with Crippen LogP contribution in [-0.4, -0.2) is 73.9 Å². The summed E-state index contributed by atoms with van der Waals surface area (Å²) < 4.78 is 0. The first-order valence-corrected chi connectivity index (χ1v) is 6.56. The molecule has 0 spiro atoms. The van der Waals surface area contributed by atoms with E-state index in [1.54, 1.807) is 0 Å². The Morgan fingerprint density at radius 3 is 2.48 bits per heavy atom. The molecule has 1 aromatic rings. The molecule has 1 aromatic heterocycles. The van der Waals surface area contributed by atoms with Crippen molar-refractivity contribution in [2.75, 3.05) is 18.5 Å². The number of hydrogen-bond acceptors (Lipinski definition) is 9. The minimum absolute atomic E-state index is 0.180. The Morgan fingerprint density at radius 1 is 1.26 bits per heavy atom. The van der Waals surface area contributed by atoms with Crippen LogP contribution in [0.15, 0.2) is 14.6 Å². The van der Waals surface area contributed by atoms with Gasteiger partial charge in [-0.15, -0.1) is 0 Å². The highest BCUT2D eigenvalue weighted by Gasteiger charge is 2.24. The van der Waals surface area contributed by atoms with E-state index in [2.05, 4.69) is 15.3 Å². The van der Waals surface area contributed by atoms with Gasteiger partial charge in [0.15, 0.2) is 11.5 Å². The lowest BCUT2D eigenvalue weighted by Gasteiger charge is -2.22. The Hall–Kier alpha value is -2.34. The van der Waals surface area contributed by atoms with Crippen LogP contribution in [0.25, 0.3) is 0 Å². The lowest BCUT2D eigenvalue weighted by atomic mass is 10.1. The van der Waals surface area contributed by atoms with Gasteiger partial charge in [0.1, 0.15) is 18.0 Å². The van der Waals surface area contributed by atoms with Gasteiger partial charge < -0.3 is 25.7 Å². The molecule has 0 aliphatic heterocycles. The van der Waals surface area contributed by atoms with E-state index in [0.717, 1.165) is 6.21 Å². The molecule has 0 aliphatic carbocycles. The summed E-state index contributed by atoms with van der Waals surface area (Å²) in [6, 6.07) is 0. The highest BCUT2D eigenvalue weighted by Crippen LogP contribution is 2.14. The fraction of sp³-hybridized carbons (Fsp3) is 0.500. The molecular formula is C12H18N4O7. The summed E-state index contributed by atoms with van der Waals surface area (Å²) in [6.45, 7) is 0.0846. The zero-order valence-electron chi connectivity index (χ0n) is 12.2. The fourth-order valence-corrected chi connectivity index (χ4v) is 1.58. The van der Waals surface area contributed by atoms with Crippen LogP contribution in [0, 0.1) is 0 Å². The number of hydrogen-bond donors (Lipinski definition) is 7. The summed E-state index contributed by atoms with van der Waals surface area (Å²) in [7, 11) is 0. The second kappa shape index (κ2) is 8.33.